The van der Waals surface area contributed by atoms with Crippen LogP contribution in [0.3, 0.4) is 0 Å². The van der Waals surface area contributed by atoms with Crippen molar-refractivity contribution in [1.82, 2.24) is 5.32 Å². The van der Waals surface area contributed by atoms with Crippen molar-refractivity contribution in [2.45, 2.75) is 25.3 Å². The fraction of sp³-hybridized carbons (Fsp3) is 0.250. The zero-order chi connectivity index (χ0) is 18.0. The number of nitrogens with zero attached hydrogens (tertiary/aromatic N) is 1. The summed E-state index contributed by atoms with van der Waals surface area (Å²) in [7, 11) is 0. The van der Waals surface area contributed by atoms with Gasteiger partial charge in [0.15, 0.2) is 0 Å². The highest BCUT2D eigenvalue weighted by Crippen LogP contribution is 2.44. The summed E-state index contributed by atoms with van der Waals surface area (Å²) in [5, 5.41) is 11.7. The van der Waals surface area contributed by atoms with Gasteiger partial charge < -0.3 is 11.1 Å². The molecule has 2 amide bonds. The van der Waals surface area contributed by atoms with Crippen LogP contribution in [0.5, 0.6) is 0 Å². The molecule has 0 saturated heterocycles. The first-order valence-corrected chi connectivity index (χ1v) is 8.20. The number of hydrogen-bond donors (Lipinski definition) is 2. The fourth-order valence-corrected chi connectivity index (χ4v) is 3.35. The smallest absolute Gasteiger partial charge is 0.240 e. The molecule has 2 aromatic carbocycles. The van der Waals surface area contributed by atoms with Gasteiger partial charge in [-0.05, 0) is 35.6 Å². The Hall–Kier alpha value is -3.13. The summed E-state index contributed by atoms with van der Waals surface area (Å²) in [5.74, 6) is -1.76. The maximum absolute atomic E-state index is 13.0. The third kappa shape index (κ3) is 3.11. The van der Waals surface area contributed by atoms with Crippen LogP contribution in [0.25, 0.3) is 11.1 Å². The monoisotopic (exact) mass is 333 g/mol. The highest BCUT2D eigenvalue weighted by atomic mass is 16.2. The molecule has 3 rings (SSSR count). The van der Waals surface area contributed by atoms with Gasteiger partial charge in [0.1, 0.15) is 6.04 Å². The van der Waals surface area contributed by atoms with Crippen molar-refractivity contribution in [3.05, 3.63) is 59.7 Å². The number of nitrogens with one attached hydrogen (secondary N) is 1. The van der Waals surface area contributed by atoms with Crippen LogP contribution in [-0.2, 0) is 9.59 Å². The molecule has 2 aromatic rings. The fourth-order valence-electron chi connectivity index (χ4n) is 3.35. The van der Waals surface area contributed by atoms with E-state index in [1.54, 1.807) is 6.92 Å². The number of nitrogens with two attached hydrogens (primary N) is 1. The lowest BCUT2D eigenvalue weighted by Gasteiger charge is -2.20. The molecule has 0 aliphatic heterocycles. The van der Waals surface area contributed by atoms with Crippen LogP contribution >= 0.6 is 0 Å². The Morgan fingerprint density at radius 3 is 2.12 bits per heavy atom. The second-order valence-electron chi connectivity index (χ2n) is 6.34. The molecule has 1 aliphatic carbocycles. The lowest BCUT2D eigenvalue weighted by Crippen LogP contribution is -2.46. The molecule has 0 fully saturated rings. The second-order valence-corrected chi connectivity index (χ2v) is 6.34. The van der Waals surface area contributed by atoms with E-state index in [4.69, 9.17) is 11.0 Å². The van der Waals surface area contributed by atoms with E-state index in [1.165, 1.54) is 0 Å². The molecular formula is C20H19N3O2. The van der Waals surface area contributed by atoms with Crippen molar-refractivity contribution in [1.29, 1.82) is 5.26 Å². The Kier molecular flexibility index (Phi) is 4.53. The maximum atomic E-state index is 13.0. The van der Waals surface area contributed by atoms with E-state index >= 15 is 0 Å². The summed E-state index contributed by atoms with van der Waals surface area (Å²) in [6.45, 7) is 1.70. The summed E-state index contributed by atoms with van der Waals surface area (Å²) in [5.41, 5.74) is 9.30. The Balaban J connectivity index is 1.92. The quantitative estimate of drug-likeness (QED) is 0.879. The van der Waals surface area contributed by atoms with E-state index in [1.807, 2.05) is 48.5 Å². The van der Waals surface area contributed by atoms with E-state index in [-0.39, 0.29) is 18.2 Å². The highest BCUT2D eigenvalue weighted by molar-refractivity contribution is 5.98. The molecule has 0 heterocycles. The summed E-state index contributed by atoms with van der Waals surface area (Å²) < 4.78 is 0. The molecule has 0 aromatic heterocycles. The van der Waals surface area contributed by atoms with Gasteiger partial charge in [-0.2, -0.15) is 5.26 Å². The van der Waals surface area contributed by atoms with Crippen LogP contribution in [-0.4, -0.2) is 17.9 Å². The molecule has 2 atom stereocenters. The van der Waals surface area contributed by atoms with Crippen LogP contribution in [0.2, 0.25) is 0 Å². The zero-order valence-corrected chi connectivity index (χ0v) is 13.9. The minimum atomic E-state index is -0.859. The molecule has 0 spiro atoms. The molecule has 0 radical (unpaired) electrons. The molecule has 0 saturated carbocycles. The van der Waals surface area contributed by atoms with Gasteiger partial charge in [0.05, 0.1) is 12.0 Å². The standard InChI is InChI=1S/C20H19N3O2/c1-12(11-21)10-17(19(22)24)23-20(25)18-15-8-4-2-6-13(15)14-7-3-5-9-16(14)18/h2-9,12,17-18H,10H2,1H3,(H2,22,24)(H,23,25)/t12-,17-/m1/s1. The highest BCUT2D eigenvalue weighted by Gasteiger charge is 2.35. The van der Waals surface area contributed by atoms with E-state index in [0.717, 1.165) is 22.3 Å². The number of carbonyl (C=O) groups is 2. The average molecular weight is 333 g/mol. The van der Waals surface area contributed by atoms with Crippen LogP contribution in [0.15, 0.2) is 48.5 Å². The van der Waals surface area contributed by atoms with E-state index in [2.05, 4.69) is 11.4 Å². The minimum absolute atomic E-state index is 0.202. The number of benzene rings is 2. The van der Waals surface area contributed by atoms with Crippen LogP contribution in [0, 0.1) is 17.2 Å². The van der Waals surface area contributed by atoms with Gasteiger partial charge in [-0.15, -0.1) is 0 Å². The molecule has 0 bridgehead atoms. The van der Waals surface area contributed by atoms with Gasteiger partial charge in [0.2, 0.25) is 11.8 Å². The molecule has 1 aliphatic rings. The Labute approximate surface area is 146 Å². The second kappa shape index (κ2) is 6.78. The summed E-state index contributed by atoms with van der Waals surface area (Å²) in [6.07, 6.45) is 0.202. The lowest BCUT2D eigenvalue weighted by molar-refractivity contribution is -0.128. The van der Waals surface area contributed by atoms with Gasteiger partial charge in [-0.1, -0.05) is 48.5 Å². The Morgan fingerprint density at radius 1 is 1.12 bits per heavy atom. The predicted molar refractivity (Wildman–Crippen MR) is 94.2 cm³/mol. The van der Waals surface area contributed by atoms with Gasteiger partial charge in [0, 0.05) is 5.92 Å². The predicted octanol–water partition coefficient (Wildman–Crippen LogP) is 2.32. The van der Waals surface area contributed by atoms with Gasteiger partial charge in [0.25, 0.3) is 0 Å². The molecule has 3 N–H and O–H groups in total. The topological polar surface area (TPSA) is 96.0 Å². The van der Waals surface area contributed by atoms with E-state index < -0.39 is 17.9 Å². The molecule has 0 unspecified atom stereocenters. The first kappa shape index (κ1) is 16.7. The normalized spacial score (nSPS) is 14.7. The van der Waals surface area contributed by atoms with Crippen molar-refractivity contribution in [2.75, 3.05) is 0 Å². The number of primary amides is 1. The van der Waals surface area contributed by atoms with Crippen molar-refractivity contribution >= 4 is 11.8 Å². The van der Waals surface area contributed by atoms with Crippen molar-refractivity contribution in [2.24, 2.45) is 11.7 Å². The maximum Gasteiger partial charge on any atom is 0.240 e. The van der Waals surface area contributed by atoms with E-state index in [9.17, 15) is 9.59 Å². The first-order valence-electron chi connectivity index (χ1n) is 8.20. The number of nitriles is 1. The average Bonchev–Trinajstić information content (AvgIpc) is 2.95. The molecule has 5 heteroatoms. The molecule has 5 nitrogen and oxygen atoms in total. The summed E-state index contributed by atoms with van der Waals surface area (Å²) in [6, 6.07) is 16.7. The number of amides is 2. The molecule has 25 heavy (non-hydrogen) atoms. The summed E-state index contributed by atoms with van der Waals surface area (Å²) in [4.78, 5) is 24.6. The lowest BCUT2D eigenvalue weighted by atomic mass is 9.94. The Bertz CT molecular complexity index is 824. The first-order chi connectivity index (χ1) is 12.0. The van der Waals surface area contributed by atoms with Gasteiger partial charge >= 0.3 is 0 Å². The van der Waals surface area contributed by atoms with E-state index in [0.29, 0.717) is 0 Å². The number of carbonyl (C=O) groups excluding carboxylic acids is 2. The van der Waals surface area contributed by atoms with Crippen LogP contribution in [0.1, 0.15) is 30.4 Å². The van der Waals surface area contributed by atoms with Crippen molar-refractivity contribution < 1.29 is 9.59 Å². The third-order valence-corrected chi connectivity index (χ3v) is 4.57. The minimum Gasteiger partial charge on any atom is -0.368 e. The molecule has 126 valence electrons. The number of hydrogen-bond acceptors (Lipinski definition) is 3. The number of rotatable bonds is 5. The summed E-state index contributed by atoms with van der Waals surface area (Å²) >= 11 is 0. The number of fused-ring (bicyclic) bond motifs is 3. The van der Waals surface area contributed by atoms with Gasteiger partial charge in [-0.3, -0.25) is 9.59 Å². The largest absolute Gasteiger partial charge is 0.368 e. The zero-order valence-electron chi connectivity index (χ0n) is 13.9. The van der Waals surface area contributed by atoms with Crippen molar-refractivity contribution in [3.8, 4) is 17.2 Å². The SMILES string of the molecule is C[C@@H](C#N)C[C@@H](NC(=O)C1c2ccccc2-c2ccccc21)C(N)=O. The van der Waals surface area contributed by atoms with Crippen LogP contribution < -0.4 is 11.1 Å². The third-order valence-electron chi connectivity index (χ3n) is 4.57. The van der Waals surface area contributed by atoms with Crippen molar-refractivity contribution in [3.63, 3.8) is 0 Å². The Morgan fingerprint density at radius 2 is 1.64 bits per heavy atom. The molecular weight excluding hydrogens is 314 g/mol. The van der Waals surface area contributed by atoms with Crippen LogP contribution in [0.4, 0.5) is 0 Å². The van der Waals surface area contributed by atoms with Gasteiger partial charge in [-0.25, -0.2) is 0 Å².